The molecule has 2 atom stereocenters. The molecule has 10 rings (SSSR count). The summed E-state index contributed by atoms with van der Waals surface area (Å²) < 4.78 is 0. The van der Waals surface area contributed by atoms with Crippen molar-refractivity contribution in [1.29, 1.82) is 0 Å². The van der Waals surface area contributed by atoms with E-state index >= 15 is 0 Å². The maximum absolute atomic E-state index is 2.92. The Labute approximate surface area is 282 Å². The van der Waals surface area contributed by atoms with Crippen molar-refractivity contribution >= 4 is 45.9 Å². The van der Waals surface area contributed by atoms with Crippen molar-refractivity contribution in [1.82, 2.24) is 0 Å². The van der Waals surface area contributed by atoms with Crippen LogP contribution >= 0.6 is 0 Å². The van der Waals surface area contributed by atoms with E-state index in [0.29, 0.717) is 12.0 Å². The van der Waals surface area contributed by atoms with Gasteiger partial charge in [0, 0.05) is 34.2 Å². The number of benzene rings is 4. The highest BCUT2D eigenvalue weighted by Crippen LogP contribution is 2.64. The minimum atomic E-state index is 0.0466. The van der Waals surface area contributed by atoms with Gasteiger partial charge in [0.25, 0.3) is 6.71 Å². The lowest BCUT2D eigenvalue weighted by Crippen LogP contribution is -2.65. The highest BCUT2D eigenvalue weighted by atomic mass is 15.3. The molecule has 0 radical (unpaired) electrons. The first-order valence-corrected chi connectivity index (χ1v) is 19.2. The second kappa shape index (κ2) is 10.5. The van der Waals surface area contributed by atoms with Crippen LogP contribution < -0.4 is 26.2 Å². The van der Waals surface area contributed by atoms with Crippen LogP contribution in [0.1, 0.15) is 121 Å². The molecule has 3 aliphatic heterocycles. The third-order valence-electron chi connectivity index (χ3n) is 14.1. The molecule has 0 amide bonds. The molecule has 3 saturated carbocycles. The van der Waals surface area contributed by atoms with E-state index in [9.17, 15) is 0 Å². The fourth-order valence-corrected chi connectivity index (χ4v) is 11.8. The zero-order chi connectivity index (χ0) is 31.3. The van der Waals surface area contributed by atoms with Gasteiger partial charge in [-0.25, -0.2) is 0 Å². The number of nitrogens with zero attached hydrogens (tertiary/aromatic N) is 2. The molecule has 0 saturated heterocycles. The molecule has 0 bridgehead atoms. The summed E-state index contributed by atoms with van der Waals surface area (Å²) in [6, 6.07) is 32.0. The molecule has 238 valence electrons. The predicted molar refractivity (Wildman–Crippen MR) is 201 cm³/mol. The Bertz CT molecular complexity index is 1880. The largest absolute Gasteiger partial charge is 0.339 e. The molecule has 2 unspecified atom stereocenters. The zero-order valence-electron chi connectivity index (χ0n) is 28.5. The van der Waals surface area contributed by atoms with Gasteiger partial charge in [-0.15, -0.1) is 0 Å². The van der Waals surface area contributed by atoms with E-state index in [1.165, 1.54) is 123 Å². The van der Waals surface area contributed by atoms with Gasteiger partial charge in [-0.3, -0.25) is 0 Å². The van der Waals surface area contributed by atoms with Gasteiger partial charge in [0.05, 0.1) is 5.54 Å². The maximum Gasteiger partial charge on any atom is 0.252 e. The van der Waals surface area contributed by atoms with Gasteiger partial charge in [0.1, 0.15) is 0 Å². The topological polar surface area (TPSA) is 6.48 Å². The third kappa shape index (κ3) is 3.81. The van der Waals surface area contributed by atoms with Gasteiger partial charge in [0.15, 0.2) is 0 Å². The van der Waals surface area contributed by atoms with Gasteiger partial charge in [-0.1, -0.05) is 119 Å². The second-order valence-corrected chi connectivity index (χ2v) is 16.4. The smallest absolute Gasteiger partial charge is 0.252 e. The van der Waals surface area contributed by atoms with Crippen LogP contribution in [0.2, 0.25) is 0 Å². The van der Waals surface area contributed by atoms with Crippen LogP contribution in [0.5, 0.6) is 0 Å². The Hall–Kier alpha value is -3.46. The van der Waals surface area contributed by atoms with E-state index in [2.05, 4.69) is 103 Å². The molecule has 0 aromatic heterocycles. The summed E-state index contributed by atoms with van der Waals surface area (Å²) in [7, 11) is 0. The van der Waals surface area contributed by atoms with E-state index in [-0.39, 0.29) is 17.7 Å². The normalized spacial score (nSPS) is 26.5. The van der Waals surface area contributed by atoms with Crippen molar-refractivity contribution in [2.24, 2.45) is 0 Å². The average molecular weight is 617 g/mol. The Morgan fingerprint density at radius 1 is 0.617 bits per heavy atom. The minimum absolute atomic E-state index is 0.0466. The zero-order valence-corrected chi connectivity index (χ0v) is 28.5. The van der Waals surface area contributed by atoms with Crippen LogP contribution in [-0.2, 0) is 5.41 Å². The molecule has 6 aliphatic rings. The summed E-state index contributed by atoms with van der Waals surface area (Å²) in [5.41, 5.74) is 17.1. The molecule has 0 spiro atoms. The Kier molecular flexibility index (Phi) is 6.39. The number of hydrogen-bond donors (Lipinski definition) is 0. The Balaban J connectivity index is 1.34. The molecule has 4 aromatic carbocycles. The molecule has 3 fully saturated rings. The average Bonchev–Trinajstić information content (AvgIpc) is 3.35. The third-order valence-corrected chi connectivity index (χ3v) is 14.1. The lowest BCUT2D eigenvalue weighted by atomic mass is 9.33. The van der Waals surface area contributed by atoms with Crippen LogP contribution in [0.25, 0.3) is 11.1 Å². The second-order valence-electron chi connectivity index (χ2n) is 16.4. The lowest BCUT2D eigenvalue weighted by Gasteiger charge is -2.52. The lowest BCUT2D eigenvalue weighted by molar-refractivity contribution is 0.195. The van der Waals surface area contributed by atoms with Crippen LogP contribution in [-0.4, -0.2) is 18.3 Å². The molecule has 3 aliphatic carbocycles. The van der Waals surface area contributed by atoms with Gasteiger partial charge in [-0.05, 0) is 108 Å². The molecular formula is C44H49BN2. The van der Waals surface area contributed by atoms with Crippen molar-refractivity contribution in [3.05, 3.63) is 90.0 Å². The Morgan fingerprint density at radius 3 is 2.04 bits per heavy atom. The molecule has 3 heterocycles. The summed E-state index contributed by atoms with van der Waals surface area (Å²) in [5, 5.41) is 0. The standard InChI is InChI=1S/C44H49BN2/c1-43-27-15-16-28-44(43,2)47-38-26-14-12-24-36(38)45-35-23-11-13-25-37(35)46(31-19-7-4-8-20-31)39-29-34(40(43)42(47)41(39)45)33-22-10-9-21-32(33)30-17-5-3-6-18-30/h9-14,21-26,29-31H,3-8,15-20,27-28H2,1-2H3. The summed E-state index contributed by atoms with van der Waals surface area (Å²) in [6.07, 6.45) is 18.6. The van der Waals surface area contributed by atoms with Gasteiger partial charge in [-0.2, -0.15) is 0 Å². The quantitative estimate of drug-likeness (QED) is 0.212. The van der Waals surface area contributed by atoms with Crippen molar-refractivity contribution in [2.45, 2.75) is 127 Å². The van der Waals surface area contributed by atoms with Crippen molar-refractivity contribution < 1.29 is 0 Å². The summed E-state index contributed by atoms with van der Waals surface area (Å²) in [5.74, 6) is 0.672. The van der Waals surface area contributed by atoms with Gasteiger partial charge in [0.2, 0.25) is 0 Å². The SMILES string of the molecule is CC12CCCCC1(C)N1c3ccccc3B3c4ccccc4N(C4CCCCC4)c4cc(-c5ccccc5C5CCCCC5)c2c1c43. The highest BCUT2D eigenvalue weighted by molar-refractivity contribution is 7.00. The van der Waals surface area contributed by atoms with Gasteiger partial charge >= 0.3 is 0 Å². The first-order chi connectivity index (χ1) is 23.1. The van der Waals surface area contributed by atoms with Crippen molar-refractivity contribution in [3.63, 3.8) is 0 Å². The van der Waals surface area contributed by atoms with E-state index in [4.69, 9.17) is 0 Å². The highest BCUT2D eigenvalue weighted by Gasteiger charge is 2.62. The van der Waals surface area contributed by atoms with E-state index in [1.807, 2.05) is 0 Å². The van der Waals surface area contributed by atoms with Crippen molar-refractivity contribution in [3.8, 4) is 11.1 Å². The Morgan fingerprint density at radius 2 is 1.26 bits per heavy atom. The van der Waals surface area contributed by atoms with Crippen LogP contribution in [0.4, 0.5) is 22.7 Å². The van der Waals surface area contributed by atoms with E-state index in [1.54, 1.807) is 27.8 Å². The molecule has 0 N–H and O–H groups in total. The number of rotatable bonds is 3. The predicted octanol–water partition coefficient (Wildman–Crippen LogP) is 9.76. The van der Waals surface area contributed by atoms with Crippen LogP contribution in [0, 0.1) is 0 Å². The molecule has 3 heteroatoms. The molecular weight excluding hydrogens is 567 g/mol. The number of hydrogen-bond acceptors (Lipinski definition) is 2. The monoisotopic (exact) mass is 616 g/mol. The first kappa shape index (κ1) is 28.5. The van der Waals surface area contributed by atoms with E-state index in [0.717, 1.165) is 0 Å². The summed E-state index contributed by atoms with van der Waals surface area (Å²) >= 11 is 0. The molecule has 2 nitrogen and oxygen atoms in total. The summed E-state index contributed by atoms with van der Waals surface area (Å²) in [4.78, 5) is 5.79. The fraction of sp³-hybridized carbons (Fsp3) is 0.455. The first-order valence-electron chi connectivity index (χ1n) is 19.2. The van der Waals surface area contributed by atoms with Crippen molar-refractivity contribution in [2.75, 3.05) is 9.80 Å². The fourth-order valence-electron chi connectivity index (χ4n) is 11.8. The van der Waals surface area contributed by atoms with Gasteiger partial charge < -0.3 is 9.80 Å². The number of para-hydroxylation sites is 2. The molecule has 47 heavy (non-hydrogen) atoms. The minimum Gasteiger partial charge on any atom is -0.339 e. The number of fused-ring (bicyclic) bond motifs is 8. The maximum atomic E-state index is 2.92. The van der Waals surface area contributed by atoms with E-state index < -0.39 is 0 Å². The molecule has 4 aromatic rings. The van der Waals surface area contributed by atoms with Crippen LogP contribution in [0.15, 0.2) is 78.9 Å². The number of anilines is 4. The summed E-state index contributed by atoms with van der Waals surface area (Å²) in [6.45, 7) is 5.59. The van der Waals surface area contributed by atoms with Crippen LogP contribution in [0.3, 0.4) is 0 Å².